The summed E-state index contributed by atoms with van der Waals surface area (Å²) >= 11 is 6.06. The summed E-state index contributed by atoms with van der Waals surface area (Å²) in [6.45, 7) is 1.72. The summed E-state index contributed by atoms with van der Waals surface area (Å²) in [4.78, 5) is 14.3. The van der Waals surface area contributed by atoms with E-state index in [4.69, 9.17) is 11.6 Å². The van der Waals surface area contributed by atoms with Crippen molar-refractivity contribution in [2.75, 3.05) is 4.90 Å². The SMILES string of the molecule is C[C@@H](Cl)C(=O)N1c2ccccc2CCc2ccccc21. The van der Waals surface area contributed by atoms with E-state index < -0.39 is 5.38 Å². The Bertz CT molecular complexity index is 603. The number of anilines is 2. The Hall–Kier alpha value is -1.80. The molecule has 0 aromatic heterocycles. The summed E-state index contributed by atoms with van der Waals surface area (Å²) in [6, 6.07) is 16.1. The van der Waals surface area contributed by atoms with E-state index in [2.05, 4.69) is 12.1 Å². The lowest BCUT2D eigenvalue weighted by Gasteiger charge is -2.26. The summed E-state index contributed by atoms with van der Waals surface area (Å²) in [5.41, 5.74) is 4.29. The van der Waals surface area contributed by atoms with Gasteiger partial charge in [0.25, 0.3) is 0 Å². The highest BCUT2D eigenvalue weighted by Crippen LogP contribution is 2.36. The molecule has 0 saturated heterocycles. The third kappa shape index (κ3) is 2.20. The van der Waals surface area contributed by atoms with Gasteiger partial charge in [-0.2, -0.15) is 0 Å². The number of rotatable bonds is 1. The zero-order chi connectivity index (χ0) is 14.1. The highest BCUT2D eigenvalue weighted by Gasteiger charge is 2.27. The molecule has 0 fully saturated rings. The van der Waals surface area contributed by atoms with Gasteiger partial charge in [-0.05, 0) is 43.0 Å². The van der Waals surface area contributed by atoms with E-state index in [9.17, 15) is 4.79 Å². The van der Waals surface area contributed by atoms with Gasteiger partial charge in [0.1, 0.15) is 5.38 Å². The van der Waals surface area contributed by atoms with Crippen LogP contribution in [0, 0.1) is 0 Å². The van der Waals surface area contributed by atoms with Crippen LogP contribution >= 0.6 is 11.6 Å². The lowest BCUT2D eigenvalue weighted by molar-refractivity contribution is -0.117. The van der Waals surface area contributed by atoms with Crippen LogP contribution in [0.5, 0.6) is 0 Å². The number of carbonyl (C=O) groups excluding carboxylic acids is 1. The number of hydrogen-bond donors (Lipinski definition) is 0. The second kappa shape index (κ2) is 5.29. The van der Waals surface area contributed by atoms with E-state index in [0.29, 0.717) is 0 Å². The Morgan fingerprint density at radius 2 is 1.45 bits per heavy atom. The van der Waals surface area contributed by atoms with Crippen molar-refractivity contribution in [3.8, 4) is 0 Å². The minimum Gasteiger partial charge on any atom is -0.279 e. The quantitative estimate of drug-likeness (QED) is 0.723. The fraction of sp³-hybridized carbons (Fsp3) is 0.235. The van der Waals surface area contributed by atoms with Crippen LogP contribution in [0.2, 0.25) is 0 Å². The van der Waals surface area contributed by atoms with E-state index in [1.165, 1.54) is 11.1 Å². The number of carbonyl (C=O) groups is 1. The van der Waals surface area contributed by atoms with Crippen LogP contribution in [-0.2, 0) is 17.6 Å². The van der Waals surface area contributed by atoms with E-state index in [1.807, 2.05) is 36.4 Å². The molecule has 0 spiro atoms. The number of nitrogens with zero attached hydrogens (tertiary/aromatic N) is 1. The first-order valence-corrected chi connectivity index (χ1v) is 7.26. The smallest absolute Gasteiger partial charge is 0.249 e. The molecule has 2 aromatic carbocycles. The molecule has 2 aromatic rings. The second-order valence-corrected chi connectivity index (χ2v) is 5.70. The van der Waals surface area contributed by atoms with Gasteiger partial charge in [0, 0.05) is 0 Å². The first kappa shape index (κ1) is 13.2. The minimum atomic E-state index is -0.547. The summed E-state index contributed by atoms with van der Waals surface area (Å²) < 4.78 is 0. The molecule has 0 radical (unpaired) electrons. The van der Waals surface area contributed by atoms with Crippen LogP contribution in [0.1, 0.15) is 18.1 Å². The van der Waals surface area contributed by atoms with Gasteiger partial charge in [0.15, 0.2) is 0 Å². The number of aryl methyl sites for hydroxylation is 2. The fourth-order valence-corrected chi connectivity index (χ4v) is 2.79. The maximum atomic E-state index is 12.6. The maximum Gasteiger partial charge on any atom is 0.249 e. The molecule has 1 heterocycles. The molecule has 0 aliphatic carbocycles. The van der Waals surface area contributed by atoms with Gasteiger partial charge < -0.3 is 0 Å². The van der Waals surface area contributed by atoms with E-state index in [1.54, 1.807) is 11.8 Å². The summed E-state index contributed by atoms with van der Waals surface area (Å²) in [6.07, 6.45) is 1.88. The standard InChI is InChI=1S/C17H16ClNO/c1-12(18)17(20)19-15-8-4-2-6-13(15)10-11-14-7-3-5-9-16(14)19/h2-9,12H,10-11H2,1H3/t12-/m1/s1. The molecule has 0 unspecified atom stereocenters. The van der Waals surface area contributed by atoms with Crippen LogP contribution in [0.4, 0.5) is 11.4 Å². The average molecular weight is 286 g/mol. The van der Waals surface area contributed by atoms with Crippen molar-refractivity contribution >= 4 is 28.9 Å². The van der Waals surface area contributed by atoms with Gasteiger partial charge in [0.05, 0.1) is 11.4 Å². The topological polar surface area (TPSA) is 20.3 Å². The van der Waals surface area contributed by atoms with E-state index in [0.717, 1.165) is 24.2 Å². The van der Waals surface area contributed by atoms with Gasteiger partial charge >= 0.3 is 0 Å². The van der Waals surface area contributed by atoms with Crippen LogP contribution in [0.15, 0.2) is 48.5 Å². The van der Waals surface area contributed by atoms with Gasteiger partial charge in [-0.3, -0.25) is 9.69 Å². The first-order valence-electron chi connectivity index (χ1n) is 6.82. The van der Waals surface area contributed by atoms with Crippen LogP contribution in [0.25, 0.3) is 0 Å². The predicted molar refractivity (Wildman–Crippen MR) is 82.8 cm³/mol. The monoisotopic (exact) mass is 285 g/mol. The maximum absolute atomic E-state index is 12.6. The van der Waals surface area contributed by atoms with Crippen molar-refractivity contribution in [1.29, 1.82) is 0 Å². The Kier molecular flexibility index (Phi) is 3.49. The zero-order valence-electron chi connectivity index (χ0n) is 11.3. The molecular weight excluding hydrogens is 270 g/mol. The number of para-hydroxylation sites is 2. The second-order valence-electron chi connectivity index (χ2n) is 5.05. The lowest BCUT2D eigenvalue weighted by atomic mass is 10.0. The largest absolute Gasteiger partial charge is 0.279 e. The zero-order valence-corrected chi connectivity index (χ0v) is 12.1. The van der Waals surface area contributed by atoms with E-state index in [-0.39, 0.29) is 5.91 Å². The molecule has 3 heteroatoms. The lowest BCUT2D eigenvalue weighted by Crippen LogP contribution is -2.32. The number of hydrogen-bond acceptors (Lipinski definition) is 1. The summed E-state index contributed by atoms with van der Waals surface area (Å²) in [7, 11) is 0. The molecule has 102 valence electrons. The molecule has 1 aliphatic rings. The van der Waals surface area contributed by atoms with Crippen molar-refractivity contribution in [2.24, 2.45) is 0 Å². The van der Waals surface area contributed by atoms with Crippen LogP contribution in [-0.4, -0.2) is 11.3 Å². The molecule has 3 rings (SSSR count). The molecule has 1 aliphatic heterocycles. The molecular formula is C17H16ClNO. The molecule has 0 N–H and O–H groups in total. The van der Waals surface area contributed by atoms with Gasteiger partial charge in [-0.25, -0.2) is 0 Å². The van der Waals surface area contributed by atoms with Gasteiger partial charge in [-0.1, -0.05) is 36.4 Å². The number of benzene rings is 2. The van der Waals surface area contributed by atoms with Gasteiger partial charge in [-0.15, -0.1) is 11.6 Å². The van der Waals surface area contributed by atoms with Crippen molar-refractivity contribution in [1.82, 2.24) is 0 Å². The number of alkyl halides is 1. The normalized spacial score (nSPS) is 15.0. The van der Waals surface area contributed by atoms with Crippen molar-refractivity contribution in [3.63, 3.8) is 0 Å². The van der Waals surface area contributed by atoms with Crippen LogP contribution < -0.4 is 4.90 Å². The third-order valence-electron chi connectivity index (χ3n) is 3.69. The highest BCUT2D eigenvalue weighted by atomic mass is 35.5. The minimum absolute atomic E-state index is 0.0755. The molecule has 0 bridgehead atoms. The Labute approximate surface area is 124 Å². The van der Waals surface area contributed by atoms with Crippen molar-refractivity contribution < 1.29 is 4.79 Å². The fourth-order valence-electron chi connectivity index (χ4n) is 2.70. The van der Waals surface area contributed by atoms with E-state index >= 15 is 0 Å². The molecule has 20 heavy (non-hydrogen) atoms. The number of halogens is 1. The summed E-state index contributed by atoms with van der Waals surface area (Å²) in [5.74, 6) is -0.0755. The highest BCUT2D eigenvalue weighted by molar-refractivity contribution is 6.33. The van der Waals surface area contributed by atoms with Crippen molar-refractivity contribution in [2.45, 2.75) is 25.1 Å². The molecule has 0 saturated carbocycles. The Morgan fingerprint density at radius 1 is 1.00 bits per heavy atom. The predicted octanol–water partition coefficient (Wildman–Crippen LogP) is 4.08. The summed E-state index contributed by atoms with van der Waals surface area (Å²) in [5, 5.41) is -0.547. The van der Waals surface area contributed by atoms with Crippen molar-refractivity contribution in [3.05, 3.63) is 59.7 Å². The molecule has 1 amide bonds. The number of amides is 1. The molecule has 2 nitrogen and oxygen atoms in total. The number of fused-ring (bicyclic) bond motifs is 2. The molecule has 1 atom stereocenters. The van der Waals surface area contributed by atoms with Crippen LogP contribution in [0.3, 0.4) is 0 Å². The average Bonchev–Trinajstić information content (AvgIpc) is 2.63. The first-order chi connectivity index (χ1) is 9.68. The third-order valence-corrected chi connectivity index (χ3v) is 3.88. The Morgan fingerprint density at radius 3 is 1.90 bits per heavy atom. The van der Waals surface area contributed by atoms with Gasteiger partial charge in [0.2, 0.25) is 5.91 Å². The Balaban J connectivity index is 2.21.